The van der Waals surface area contributed by atoms with Gasteiger partial charge in [0.15, 0.2) is 0 Å². The summed E-state index contributed by atoms with van der Waals surface area (Å²) >= 11 is 10.8. The molecule has 0 bridgehead atoms. The number of amides is 2. The van der Waals surface area contributed by atoms with Crippen molar-refractivity contribution in [1.29, 1.82) is 0 Å². The Hall–Kier alpha value is -0.480. The minimum Gasteiger partial charge on any atom is -0.352 e. The monoisotopic (exact) mass is 224 g/mol. The summed E-state index contributed by atoms with van der Waals surface area (Å²) in [5, 5.41) is 5.07. The van der Waals surface area contributed by atoms with Crippen LogP contribution in [0.25, 0.3) is 0 Å². The third kappa shape index (κ3) is 3.40. The van der Waals surface area contributed by atoms with Crippen LogP contribution in [-0.2, 0) is 9.59 Å². The van der Waals surface area contributed by atoms with Crippen molar-refractivity contribution in [2.24, 2.45) is 0 Å². The van der Waals surface area contributed by atoms with Gasteiger partial charge >= 0.3 is 0 Å². The summed E-state index contributed by atoms with van der Waals surface area (Å²) in [5.41, 5.74) is 0. The second-order valence-corrected chi connectivity index (χ2v) is 4.07. The zero-order valence-corrected chi connectivity index (χ0v) is 8.36. The van der Waals surface area contributed by atoms with E-state index >= 15 is 0 Å². The van der Waals surface area contributed by atoms with Crippen LogP contribution in [0.5, 0.6) is 0 Å². The summed E-state index contributed by atoms with van der Waals surface area (Å²) in [6.07, 6.45) is 0.948. The summed E-state index contributed by atoms with van der Waals surface area (Å²) in [7, 11) is 0. The molecule has 1 aliphatic heterocycles. The molecule has 1 unspecified atom stereocenters. The summed E-state index contributed by atoms with van der Waals surface area (Å²) in [4.78, 5) is 21.4. The van der Waals surface area contributed by atoms with Gasteiger partial charge in [-0.1, -0.05) is 0 Å². The molecule has 1 saturated heterocycles. The Balaban J connectivity index is 2.27. The second-order valence-electron chi connectivity index (χ2n) is 2.80. The van der Waals surface area contributed by atoms with Gasteiger partial charge in [0.05, 0.1) is 0 Å². The van der Waals surface area contributed by atoms with Gasteiger partial charge < -0.3 is 10.6 Å². The van der Waals surface area contributed by atoms with Gasteiger partial charge in [-0.2, -0.15) is 0 Å². The Kier molecular flexibility index (Phi) is 3.81. The molecule has 4 nitrogen and oxygen atoms in total. The summed E-state index contributed by atoms with van der Waals surface area (Å²) in [5.74, 6) is -0.314. The average Bonchev–Trinajstić information content (AvgIpc) is 2.47. The molecule has 0 aliphatic carbocycles. The van der Waals surface area contributed by atoms with Crippen LogP contribution in [0.3, 0.4) is 0 Å². The zero-order chi connectivity index (χ0) is 9.84. The average molecular weight is 225 g/mol. The minimum atomic E-state index is -0.610. The van der Waals surface area contributed by atoms with Crippen LogP contribution in [0.1, 0.15) is 12.8 Å². The molecule has 0 aromatic carbocycles. The Labute approximate surface area is 86.0 Å². The number of carbonyl (C=O) groups excluding carboxylic acids is 2. The Bertz CT molecular complexity index is 221. The highest BCUT2D eigenvalue weighted by Gasteiger charge is 2.26. The van der Waals surface area contributed by atoms with Crippen molar-refractivity contribution < 1.29 is 9.59 Å². The third-order valence-corrected chi connectivity index (χ3v) is 2.05. The molecule has 74 valence electrons. The van der Waals surface area contributed by atoms with E-state index in [2.05, 4.69) is 10.6 Å². The third-order valence-electron chi connectivity index (χ3n) is 1.74. The number of halogens is 2. The van der Waals surface area contributed by atoms with E-state index in [1.165, 1.54) is 0 Å². The zero-order valence-electron chi connectivity index (χ0n) is 6.85. The lowest BCUT2D eigenvalue weighted by Crippen LogP contribution is -2.42. The SMILES string of the molecule is O=C1CCC(C(=O)NCC(Cl)Cl)N1. The van der Waals surface area contributed by atoms with Gasteiger partial charge in [-0.25, -0.2) is 0 Å². The maximum absolute atomic E-state index is 11.3. The Morgan fingerprint density at radius 2 is 2.38 bits per heavy atom. The lowest BCUT2D eigenvalue weighted by molar-refractivity contribution is -0.125. The molecule has 0 saturated carbocycles. The second kappa shape index (κ2) is 4.67. The fourth-order valence-corrected chi connectivity index (χ4v) is 1.27. The van der Waals surface area contributed by atoms with Crippen molar-refractivity contribution >= 4 is 35.0 Å². The van der Waals surface area contributed by atoms with Crippen molar-refractivity contribution in [1.82, 2.24) is 10.6 Å². The topological polar surface area (TPSA) is 58.2 Å². The largest absolute Gasteiger partial charge is 0.352 e. The van der Waals surface area contributed by atoms with Gasteiger partial charge in [0, 0.05) is 13.0 Å². The molecule has 0 aromatic rings. The summed E-state index contributed by atoms with van der Waals surface area (Å²) in [6.45, 7) is 0.203. The maximum Gasteiger partial charge on any atom is 0.242 e. The van der Waals surface area contributed by atoms with Gasteiger partial charge in [0.1, 0.15) is 10.9 Å². The number of carbonyl (C=O) groups is 2. The lowest BCUT2D eigenvalue weighted by atomic mass is 10.2. The predicted molar refractivity (Wildman–Crippen MR) is 49.7 cm³/mol. The van der Waals surface area contributed by atoms with Gasteiger partial charge in [0.25, 0.3) is 0 Å². The maximum atomic E-state index is 11.3. The first-order chi connectivity index (χ1) is 6.09. The van der Waals surface area contributed by atoms with E-state index in [0.29, 0.717) is 12.8 Å². The highest BCUT2D eigenvalue weighted by atomic mass is 35.5. The molecule has 2 N–H and O–H groups in total. The molecule has 6 heteroatoms. The van der Waals surface area contributed by atoms with Crippen LogP contribution < -0.4 is 10.6 Å². The molecular weight excluding hydrogens is 215 g/mol. The van der Waals surface area contributed by atoms with Crippen LogP contribution in [0, 0.1) is 0 Å². The molecule has 0 aromatic heterocycles. The van der Waals surface area contributed by atoms with E-state index in [9.17, 15) is 9.59 Å². The summed E-state index contributed by atoms with van der Waals surface area (Å²) in [6, 6.07) is -0.417. The van der Waals surface area contributed by atoms with Crippen molar-refractivity contribution in [3.63, 3.8) is 0 Å². The fraction of sp³-hybridized carbons (Fsp3) is 0.714. The van der Waals surface area contributed by atoms with Crippen molar-refractivity contribution in [2.45, 2.75) is 23.7 Å². The molecule has 13 heavy (non-hydrogen) atoms. The van der Waals surface area contributed by atoms with E-state index < -0.39 is 10.9 Å². The lowest BCUT2D eigenvalue weighted by Gasteiger charge is -2.10. The first-order valence-corrected chi connectivity index (χ1v) is 4.82. The minimum absolute atomic E-state index is 0.0894. The molecule has 0 radical (unpaired) electrons. The van der Waals surface area contributed by atoms with Crippen LogP contribution in [0.15, 0.2) is 0 Å². The molecular formula is C7H10Cl2N2O2. The first-order valence-electron chi connectivity index (χ1n) is 3.95. The molecule has 1 rings (SSSR count). The van der Waals surface area contributed by atoms with Crippen molar-refractivity contribution in [2.75, 3.05) is 6.54 Å². The number of alkyl halides is 2. The first kappa shape index (κ1) is 10.6. The van der Waals surface area contributed by atoms with E-state index in [-0.39, 0.29) is 18.4 Å². The van der Waals surface area contributed by atoms with Crippen molar-refractivity contribution in [3.8, 4) is 0 Å². The van der Waals surface area contributed by atoms with Crippen LogP contribution >= 0.6 is 23.2 Å². The van der Waals surface area contributed by atoms with Crippen molar-refractivity contribution in [3.05, 3.63) is 0 Å². The molecule has 1 aliphatic rings. The number of rotatable bonds is 3. The van der Waals surface area contributed by atoms with Gasteiger partial charge in [-0.3, -0.25) is 9.59 Å². The Morgan fingerprint density at radius 1 is 1.69 bits per heavy atom. The number of hydrogen-bond donors (Lipinski definition) is 2. The molecule has 0 spiro atoms. The number of hydrogen-bond acceptors (Lipinski definition) is 2. The van der Waals surface area contributed by atoms with E-state index in [1.807, 2.05) is 0 Å². The van der Waals surface area contributed by atoms with Crippen LogP contribution in [0.2, 0.25) is 0 Å². The van der Waals surface area contributed by atoms with Crippen LogP contribution in [0.4, 0.5) is 0 Å². The smallest absolute Gasteiger partial charge is 0.242 e. The number of nitrogens with one attached hydrogen (secondary N) is 2. The van der Waals surface area contributed by atoms with Gasteiger partial charge in [0.2, 0.25) is 11.8 Å². The summed E-state index contributed by atoms with van der Waals surface area (Å²) < 4.78 is 0. The van der Waals surface area contributed by atoms with E-state index in [1.54, 1.807) is 0 Å². The van der Waals surface area contributed by atoms with Gasteiger partial charge in [-0.15, -0.1) is 23.2 Å². The van der Waals surface area contributed by atoms with E-state index in [4.69, 9.17) is 23.2 Å². The Morgan fingerprint density at radius 3 is 2.85 bits per heavy atom. The highest BCUT2D eigenvalue weighted by Crippen LogP contribution is 2.06. The van der Waals surface area contributed by atoms with E-state index in [0.717, 1.165) is 0 Å². The predicted octanol–water partition coefficient (Wildman–Crippen LogP) is 0.185. The molecule has 1 atom stereocenters. The molecule has 1 fully saturated rings. The quantitative estimate of drug-likeness (QED) is 0.673. The standard InChI is InChI=1S/C7H10Cl2N2O2/c8-5(9)3-10-7(13)4-1-2-6(12)11-4/h4-5H,1-3H2,(H,10,13)(H,11,12). The van der Waals surface area contributed by atoms with Crippen LogP contribution in [-0.4, -0.2) is 29.2 Å². The highest BCUT2D eigenvalue weighted by molar-refractivity contribution is 6.44. The molecule has 2 amide bonds. The molecule has 1 heterocycles. The fourth-order valence-electron chi connectivity index (χ4n) is 1.11. The van der Waals surface area contributed by atoms with Gasteiger partial charge in [-0.05, 0) is 6.42 Å². The normalized spacial score (nSPS) is 21.8.